The van der Waals surface area contributed by atoms with Crippen molar-refractivity contribution in [3.63, 3.8) is 0 Å². The van der Waals surface area contributed by atoms with Crippen LogP contribution in [0.3, 0.4) is 0 Å². The fourth-order valence-electron chi connectivity index (χ4n) is 0. The molecule has 0 rings (SSSR count). The van der Waals surface area contributed by atoms with E-state index in [4.69, 9.17) is 37.2 Å². The van der Waals surface area contributed by atoms with Crippen LogP contribution in [0.25, 0.3) is 0 Å². The molecule has 0 saturated heterocycles. The Hall–Kier alpha value is 2.45. The van der Waals surface area contributed by atoms with Gasteiger partial charge < -0.3 is 0 Å². The van der Waals surface area contributed by atoms with Gasteiger partial charge in [-0.15, -0.1) is 24.8 Å². The predicted octanol–water partition coefficient (Wildman–Crippen LogP) is 3.60. The van der Waals surface area contributed by atoms with Crippen LogP contribution in [0.2, 0.25) is 0 Å². The molecule has 0 aliphatic carbocycles. The normalized spacial score (nSPS) is 8.57. The molecule has 0 N–H and O–H groups in total. The van der Waals surface area contributed by atoms with E-state index in [2.05, 4.69) is 0 Å². The van der Waals surface area contributed by atoms with E-state index in [0.29, 0.717) is 0 Å². The zero-order chi connectivity index (χ0) is 4.50. The third-order valence-electron chi connectivity index (χ3n) is 0. The fourth-order valence-corrected chi connectivity index (χ4v) is 0. The molecule has 0 aliphatic rings. The molecular weight excluding hydrogens is 261 g/mol. The van der Waals surface area contributed by atoms with Crippen LogP contribution in [0.1, 0.15) is 0 Å². The second-order valence-corrected chi connectivity index (χ2v) is 15.9. The first-order chi connectivity index (χ1) is 2.00. The van der Waals surface area contributed by atoms with Crippen molar-refractivity contribution in [2.75, 3.05) is 0 Å². The molecule has 0 nitrogen and oxygen atoms in total. The van der Waals surface area contributed by atoms with Crippen LogP contribution in [-0.2, 0) is 12.3 Å². The zero-order valence-corrected chi connectivity index (χ0v) is 9.05. The molecule has 48 valence electrons. The van der Waals surface area contributed by atoms with Gasteiger partial charge >= 0.3 is 49.6 Å². The third-order valence-corrected chi connectivity index (χ3v) is 0. The van der Waals surface area contributed by atoms with Gasteiger partial charge in [0.15, 0.2) is 0 Å². The molecule has 0 aromatic rings. The molecule has 0 fully saturated rings. The van der Waals surface area contributed by atoms with Crippen molar-refractivity contribution >= 4 is 62.0 Å². The molecule has 7 heteroatoms. The number of halogens is 6. The molecule has 0 saturated carbocycles. The molecule has 0 radical (unpaired) electrons. The summed E-state index contributed by atoms with van der Waals surface area (Å²) in [4.78, 5) is 0. The van der Waals surface area contributed by atoms with E-state index in [1.54, 1.807) is 0 Å². The molecule has 7 heavy (non-hydrogen) atoms. The van der Waals surface area contributed by atoms with Gasteiger partial charge in [0.1, 0.15) is 0 Å². The Morgan fingerprint density at radius 2 is 0.714 bits per heavy atom. The van der Waals surface area contributed by atoms with E-state index < -0.39 is 12.3 Å². The van der Waals surface area contributed by atoms with Crippen molar-refractivity contribution in [2.24, 2.45) is 0 Å². The summed E-state index contributed by atoms with van der Waals surface area (Å²) in [6.07, 6.45) is 0. The number of rotatable bonds is 0. The molecule has 0 aliphatic heterocycles. The van der Waals surface area contributed by atoms with E-state index in [-0.39, 0.29) is 24.8 Å². The van der Waals surface area contributed by atoms with Crippen LogP contribution < -0.4 is 0 Å². The Balaban J connectivity index is -0.0000000800. The summed E-state index contributed by atoms with van der Waals surface area (Å²) >= 11 is -3.11. The predicted molar refractivity (Wildman–Crippen MR) is 37.9 cm³/mol. The minimum atomic E-state index is -3.11. The molecule has 0 unspecified atom stereocenters. The Labute approximate surface area is 73.5 Å². The molecule has 0 aromatic heterocycles. The van der Waals surface area contributed by atoms with Gasteiger partial charge in [-0.3, -0.25) is 0 Å². The van der Waals surface area contributed by atoms with E-state index in [9.17, 15) is 0 Å². The van der Waals surface area contributed by atoms with E-state index in [1.807, 2.05) is 0 Å². The molecular formula is H2Cl6Ti. The second-order valence-electron chi connectivity index (χ2n) is 0.429. The molecule has 0 aromatic carbocycles. The Morgan fingerprint density at radius 1 is 0.714 bits per heavy atom. The zero-order valence-electron chi connectivity index (χ0n) is 2.83. The Morgan fingerprint density at radius 3 is 0.714 bits per heavy atom. The Kier molecular flexibility index (Phi) is 15.2. The van der Waals surface area contributed by atoms with Crippen LogP contribution in [0, 0.1) is 0 Å². The van der Waals surface area contributed by atoms with Gasteiger partial charge in [0.25, 0.3) is 0 Å². The average molecular weight is 263 g/mol. The maximum absolute atomic E-state index is 5.01. The van der Waals surface area contributed by atoms with E-state index in [1.165, 1.54) is 0 Å². The van der Waals surface area contributed by atoms with Crippen molar-refractivity contribution in [3.05, 3.63) is 0 Å². The summed E-state index contributed by atoms with van der Waals surface area (Å²) in [6, 6.07) is 0. The van der Waals surface area contributed by atoms with Crippen LogP contribution in [0.15, 0.2) is 0 Å². The van der Waals surface area contributed by atoms with Gasteiger partial charge in [0.2, 0.25) is 0 Å². The molecule has 0 heterocycles. The first kappa shape index (κ1) is 16.2. The van der Waals surface area contributed by atoms with Gasteiger partial charge in [0, 0.05) is 0 Å². The van der Waals surface area contributed by atoms with Crippen molar-refractivity contribution in [1.82, 2.24) is 0 Å². The molecule has 0 atom stereocenters. The monoisotopic (exact) mass is 260 g/mol. The summed E-state index contributed by atoms with van der Waals surface area (Å²) in [5.41, 5.74) is 0. The van der Waals surface area contributed by atoms with Crippen LogP contribution in [-0.4, -0.2) is 0 Å². The van der Waals surface area contributed by atoms with Gasteiger partial charge in [-0.2, -0.15) is 0 Å². The van der Waals surface area contributed by atoms with Gasteiger partial charge in [-0.25, -0.2) is 0 Å². The van der Waals surface area contributed by atoms with Crippen LogP contribution >= 0.6 is 62.0 Å². The molecule has 0 spiro atoms. The summed E-state index contributed by atoms with van der Waals surface area (Å²) in [6.45, 7) is 0. The average Bonchev–Trinajstić information content (AvgIpc) is 0.722. The molecule has 0 bridgehead atoms. The van der Waals surface area contributed by atoms with Crippen molar-refractivity contribution in [2.45, 2.75) is 0 Å². The third kappa shape index (κ3) is 58.5. The maximum atomic E-state index is 5.01. The second kappa shape index (κ2) is 6.57. The van der Waals surface area contributed by atoms with Crippen molar-refractivity contribution in [1.29, 1.82) is 0 Å². The number of hydrogen-bond acceptors (Lipinski definition) is 0. The number of hydrogen-bond donors (Lipinski definition) is 0. The quantitative estimate of drug-likeness (QED) is 0.585. The topological polar surface area (TPSA) is 0 Å². The Bertz CT molecular complexity index is 19.7. The van der Waals surface area contributed by atoms with Crippen LogP contribution in [0.5, 0.6) is 0 Å². The van der Waals surface area contributed by atoms with Gasteiger partial charge in [-0.05, 0) is 0 Å². The SMILES string of the molecule is Cl.Cl.[Cl][Ti]([Cl])([Cl])[Cl]. The first-order valence-corrected chi connectivity index (χ1v) is 9.35. The summed E-state index contributed by atoms with van der Waals surface area (Å²) < 4.78 is 0. The first-order valence-electron chi connectivity index (χ1n) is 0.756. The standard InChI is InChI=1S/6ClH.Ti/h6*1H;/q;;;;;;+4/p-4. The van der Waals surface area contributed by atoms with Gasteiger partial charge in [-0.1, -0.05) is 0 Å². The van der Waals surface area contributed by atoms with Crippen LogP contribution in [0.4, 0.5) is 0 Å². The van der Waals surface area contributed by atoms with E-state index >= 15 is 0 Å². The fraction of sp³-hybridized carbons (Fsp3) is 0. The van der Waals surface area contributed by atoms with Crippen molar-refractivity contribution < 1.29 is 12.3 Å². The molecule has 0 amide bonds. The summed E-state index contributed by atoms with van der Waals surface area (Å²) in [7, 11) is 20.1. The summed E-state index contributed by atoms with van der Waals surface area (Å²) in [5, 5.41) is 0. The summed E-state index contributed by atoms with van der Waals surface area (Å²) in [5.74, 6) is 0. The van der Waals surface area contributed by atoms with E-state index in [0.717, 1.165) is 0 Å². The van der Waals surface area contributed by atoms with Crippen molar-refractivity contribution in [3.8, 4) is 0 Å². The van der Waals surface area contributed by atoms with Gasteiger partial charge in [0.05, 0.1) is 0 Å². The minimum absolute atomic E-state index is 0.